The Morgan fingerprint density at radius 2 is 2.14 bits per heavy atom. The van der Waals surface area contributed by atoms with Gasteiger partial charge in [0.2, 0.25) is 0 Å². The fraction of sp³-hybridized carbons (Fsp3) is 0.667. The van der Waals surface area contributed by atoms with Crippen molar-refractivity contribution in [3.05, 3.63) is 29.3 Å². The van der Waals surface area contributed by atoms with Gasteiger partial charge in [0.1, 0.15) is 5.75 Å². The van der Waals surface area contributed by atoms with Gasteiger partial charge in [0.05, 0.1) is 7.11 Å². The van der Waals surface area contributed by atoms with Crippen molar-refractivity contribution in [3.8, 4) is 5.75 Å². The molecule has 0 radical (unpaired) electrons. The first-order valence-electron chi connectivity index (χ1n) is 8.17. The van der Waals surface area contributed by atoms with Gasteiger partial charge in [-0.05, 0) is 60.9 Å². The maximum Gasteiger partial charge on any atom is 0.119 e. The molecule has 3 heteroatoms. The topological polar surface area (TPSA) is 38.5 Å². The molecular formula is C18H28N2O. The number of methoxy groups -OCH3 is 1. The lowest BCUT2D eigenvalue weighted by molar-refractivity contribution is 0.0598. The number of hydrogen-bond acceptors (Lipinski definition) is 3. The summed E-state index contributed by atoms with van der Waals surface area (Å²) < 4.78 is 5.33. The third-order valence-electron chi connectivity index (χ3n) is 5.23. The molecular weight excluding hydrogens is 260 g/mol. The van der Waals surface area contributed by atoms with Crippen LogP contribution in [0.2, 0.25) is 0 Å². The highest BCUT2D eigenvalue weighted by molar-refractivity contribution is 5.40. The zero-order valence-electron chi connectivity index (χ0n) is 13.6. The van der Waals surface area contributed by atoms with E-state index in [4.69, 9.17) is 10.5 Å². The molecule has 0 spiro atoms. The number of likely N-dealkylation sites (tertiary alicyclic amines) is 1. The summed E-state index contributed by atoms with van der Waals surface area (Å²) in [5, 5.41) is 0. The Morgan fingerprint density at radius 1 is 1.33 bits per heavy atom. The third-order valence-corrected chi connectivity index (χ3v) is 5.23. The van der Waals surface area contributed by atoms with Gasteiger partial charge in [0.25, 0.3) is 0 Å². The van der Waals surface area contributed by atoms with Crippen molar-refractivity contribution in [1.29, 1.82) is 0 Å². The molecule has 1 aliphatic carbocycles. The summed E-state index contributed by atoms with van der Waals surface area (Å²) in [4.78, 5) is 2.64. The standard InChI is InChI=1S/C18H28N2O/c1-18(2)9-4-10-20(12-18)16-8-5-13-11-14(21-3)6-7-15(13)17(16)19/h6-7,11,16-17H,4-5,8-10,12,19H2,1-3H3. The number of aryl methyl sites for hydroxylation is 1. The minimum atomic E-state index is 0.133. The number of benzene rings is 1. The predicted octanol–water partition coefficient (Wildman–Crippen LogP) is 3.13. The Hall–Kier alpha value is -1.06. The van der Waals surface area contributed by atoms with Crippen molar-refractivity contribution in [1.82, 2.24) is 4.90 Å². The van der Waals surface area contributed by atoms with Crippen molar-refractivity contribution in [2.45, 2.75) is 51.6 Å². The summed E-state index contributed by atoms with van der Waals surface area (Å²) in [6.45, 7) is 7.14. The van der Waals surface area contributed by atoms with Crippen LogP contribution in [-0.4, -0.2) is 31.1 Å². The van der Waals surface area contributed by atoms with E-state index < -0.39 is 0 Å². The summed E-state index contributed by atoms with van der Waals surface area (Å²) in [5.41, 5.74) is 9.73. The number of ether oxygens (including phenoxy) is 1. The molecule has 3 nitrogen and oxygen atoms in total. The van der Waals surface area contributed by atoms with Crippen LogP contribution in [0.25, 0.3) is 0 Å². The summed E-state index contributed by atoms with van der Waals surface area (Å²) >= 11 is 0. The summed E-state index contributed by atoms with van der Waals surface area (Å²) in [6, 6.07) is 6.99. The highest BCUT2D eigenvalue weighted by Gasteiger charge is 2.36. The zero-order chi connectivity index (χ0) is 15.0. The zero-order valence-corrected chi connectivity index (χ0v) is 13.6. The third kappa shape index (κ3) is 2.95. The molecule has 1 fully saturated rings. The van der Waals surface area contributed by atoms with Crippen LogP contribution >= 0.6 is 0 Å². The van der Waals surface area contributed by atoms with Crippen LogP contribution in [0.5, 0.6) is 5.75 Å². The van der Waals surface area contributed by atoms with Crippen molar-refractivity contribution >= 4 is 0 Å². The minimum Gasteiger partial charge on any atom is -0.497 e. The highest BCUT2D eigenvalue weighted by Crippen LogP contribution is 2.37. The van der Waals surface area contributed by atoms with Crippen LogP contribution in [0, 0.1) is 5.41 Å². The summed E-state index contributed by atoms with van der Waals surface area (Å²) in [7, 11) is 1.73. The normalized spacial score (nSPS) is 29.0. The molecule has 1 saturated heterocycles. The Balaban J connectivity index is 1.80. The summed E-state index contributed by atoms with van der Waals surface area (Å²) in [6.07, 6.45) is 4.91. The minimum absolute atomic E-state index is 0.133. The van der Waals surface area contributed by atoms with E-state index >= 15 is 0 Å². The molecule has 2 N–H and O–H groups in total. The molecule has 116 valence electrons. The molecule has 1 aromatic carbocycles. The fourth-order valence-corrected chi connectivity index (χ4v) is 4.10. The van der Waals surface area contributed by atoms with Crippen molar-refractivity contribution in [2.24, 2.45) is 11.1 Å². The van der Waals surface area contributed by atoms with Crippen molar-refractivity contribution in [3.63, 3.8) is 0 Å². The van der Waals surface area contributed by atoms with E-state index in [0.29, 0.717) is 11.5 Å². The van der Waals surface area contributed by atoms with Gasteiger partial charge in [-0.15, -0.1) is 0 Å². The highest BCUT2D eigenvalue weighted by atomic mass is 16.5. The molecule has 1 heterocycles. The Kier molecular flexibility index (Phi) is 3.98. The lowest BCUT2D eigenvalue weighted by Crippen LogP contribution is -2.51. The van der Waals surface area contributed by atoms with E-state index in [9.17, 15) is 0 Å². The van der Waals surface area contributed by atoms with Crippen LogP contribution in [0.4, 0.5) is 0 Å². The number of nitrogens with two attached hydrogens (primary N) is 1. The summed E-state index contributed by atoms with van der Waals surface area (Å²) in [5.74, 6) is 0.943. The van der Waals surface area contributed by atoms with Crippen LogP contribution < -0.4 is 10.5 Å². The monoisotopic (exact) mass is 288 g/mol. The van der Waals surface area contributed by atoms with Crippen molar-refractivity contribution in [2.75, 3.05) is 20.2 Å². The maximum atomic E-state index is 6.62. The lowest BCUT2D eigenvalue weighted by atomic mass is 9.79. The average Bonchev–Trinajstić information content (AvgIpc) is 2.46. The van der Waals surface area contributed by atoms with E-state index in [0.717, 1.165) is 18.6 Å². The van der Waals surface area contributed by atoms with Crippen LogP contribution in [0.3, 0.4) is 0 Å². The number of piperidine rings is 1. The average molecular weight is 288 g/mol. The van der Waals surface area contributed by atoms with Gasteiger partial charge in [-0.25, -0.2) is 0 Å². The van der Waals surface area contributed by atoms with Gasteiger partial charge >= 0.3 is 0 Å². The van der Waals surface area contributed by atoms with Crippen LogP contribution in [0.1, 0.15) is 50.3 Å². The van der Waals surface area contributed by atoms with E-state index in [1.165, 1.54) is 37.1 Å². The molecule has 0 amide bonds. The number of fused-ring (bicyclic) bond motifs is 1. The first-order chi connectivity index (χ1) is 10.00. The van der Waals surface area contributed by atoms with Crippen molar-refractivity contribution < 1.29 is 4.74 Å². The second kappa shape index (κ2) is 5.62. The first-order valence-corrected chi connectivity index (χ1v) is 8.17. The molecule has 0 aromatic heterocycles. The molecule has 2 atom stereocenters. The Labute approximate surface area is 128 Å². The molecule has 0 saturated carbocycles. The van der Waals surface area contributed by atoms with E-state index in [1.54, 1.807) is 7.11 Å². The van der Waals surface area contributed by atoms with Gasteiger partial charge in [-0.1, -0.05) is 19.9 Å². The Morgan fingerprint density at radius 3 is 2.86 bits per heavy atom. The molecule has 3 rings (SSSR count). The molecule has 0 bridgehead atoms. The Bertz CT molecular complexity index is 512. The molecule has 1 aliphatic heterocycles. The van der Waals surface area contributed by atoms with Gasteiger partial charge in [-0.3, -0.25) is 4.90 Å². The van der Waals surface area contributed by atoms with E-state index in [2.05, 4.69) is 30.9 Å². The van der Waals surface area contributed by atoms with Gasteiger partial charge < -0.3 is 10.5 Å². The first kappa shape index (κ1) is 14.9. The maximum absolute atomic E-state index is 6.62. The predicted molar refractivity (Wildman–Crippen MR) is 86.6 cm³/mol. The molecule has 2 aliphatic rings. The fourth-order valence-electron chi connectivity index (χ4n) is 4.10. The number of hydrogen-bond donors (Lipinski definition) is 1. The van der Waals surface area contributed by atoms with Gasteiger partial charge in [-0.2, -0.15) is 0 Å². The molecule has 2 unspecified atom stereocenters. The smallest absolute Gasteiger partial charge is 0.119 e. The molecule has 1 aromatic rings. The van der Waals surface area contributed by atoms with Gasteiger partial charge in [0.15, 0.2) is 0 Å². The van der Waals surface area contributed by atoms with Crippen LogP contribution in [-0.2, 0) is 6.42 Å². The van der Waals surface area contributed by atoms with Gasteiger partial charge in [0, 0.05) is 18.6 Å². The number of nitrogens with zero attached hydrogens (tertiary/aromatic N) is 1. The second-order valence-corrected chi connectivity index (χ2v) is 7.43. The quantitative estimate of drug-likeness (QED) is 0.908. The molecule has 21 heavy (non-hydrogen) atoms. The number of rotatable bonds is 2. The largest absolute Gasteiger partial charge is 0.497 e. The SMILES string of the molecule is COc1ccc2c(c1)CCC(N1CCCC(C)(C)C1)C2N. The van der Waals surface area contributed by atoms with Crippen LogP contribution in [0.15, 0.2) is 18.2 Å². The van der Waals surface area contributed by atoms with E-state index in [1.807, 2.05) is 6.07 Å². The van der Waals surface area contributed by atoms with E-state index in [-0.39, 0.29) is 6.04 Å². The lowest BCUT2D eigenvalue weighted by Gasteiger charge is -2.46. The second-order valence-electron chi connectivity index (χ2n) is 7.43.